The third kappa shape index (κ3) is 3.00. The van der Waals surface area contributed by atoms with E-state index in [1.54, 1.807) is 0 Å². The molecular weight excluding hydrogens is 334 g/mol. The lowest BCUT2D eigenvalue weighted by atomic mass is 10.2. The predicted molar refractivity (Wildman–Crippen MR) is 85.1 cm³/mol. The first-order valence-corrected chi connectivity index (χ1v) is 7.78. The number of anilines is 1. The van der Waals surface area contributed by atoms with Gasteiger partial charge in [0.05, 0.1) is 24.3 Å². The van der Waals surface area contributed by atoms with Crippen LogP contribution in [0.4, 0.5) is 5.69 Å². The first kappa shape index (κ1) is 14.3. The van der Waals surface area contributed by atoms with Crippen LogP contribution < -0.4 is 14.8 Å². The SMILES string of the molecule is CC(C)n1cncc1CNc1cc2c(cc1Br)OCCO2. The highest BCUT2D eigenvalue weighted by atomic mass is 79.9. The Labute approximate surface area is 132 Å². The number of imidazole rings is 1. The Morgan fingerprint density at radius 2 is 2.00 bits per heavy atom. The minimum Gasteiger partial charge on any atom is -0.486 e. The number of nitrogens with one attached hydrogen (secondary N) is 1. The molecule has 0 saturated carbocycles. The Bertz CT molecular complexity index is 640. The molecule has 0 radical (unpaired) electrons. The van der Waals surface area contributed by atoms with Crippen LogP contribution >= 0.6 is 15.9 Å². The van der Waals surface area contributed by atoms with Gasteiger partial charge >= 0.3 is 0 Å². The van der Waals surface area contributed by atoms with E-state index in [2.05, 4.69) is 44.6 Å². The summed E-state index contributed by atoms with van der Waals surface area (Å²) in [5, 5.41) is 3.42. The van der Waals surface area contributed by atoms with E-state index in [1.165, 1.54) is 0 Å². The summed E-state index contributed by atoms with van der Waals surface area (Å²) < 4.78 is 14.3. The fourth-order valence-corrected chi connectivity index (χ4v) is 2.78. The Kier molecular flexibility index (Phi) is 4.05. The average molecular weight is 352 g/mol. The Morgan fingerprint density at radius 3 is 2.71 bits per heavy atom. The van der Waals surface area contributed by atoms with E-state index in [9.17, 15) is 0 Å². The second-order valence-electron chi connectivity index (χ2n) is 5.22. The normalized spacial score (nSPS) is 13.5. The van der Waals surface area contributed by atoms with Crippen molar-refractivity contribution in [2.75, 3.05) is 18.5 Å². The number of hydrogen-bond acceptors (Lipinski definition) is 4. The van der Waals surface area contributed by atoms with E-state index in [0.29, 0.717) is 25.8 Å². The van der Waals surface area contributed by atoms with E-state index in [4.69, 9.17) is 9.47 Å². The zero-order valence-corrected chi connectivity index (χ0v) is 13.7. The van der Waals surface area contributed by atoms with E-state index in [1.807, 2.05) is 24.7 Å². The van der Waals surface area contributed by atoms with Crippen molar-refractivity contribution < 1.29 is 9.47 Å². The van der Waals surface area contributed by atoms with Gasteiger partial charge in [-0.2, -0.15) is 0 Å². The van der Waals surface area contributed by atoms with Crippen molar-refractivity contribution in [3.8, 4) is 11.5 Å². The molecular formula is C15H18BrN3O2. The standard InChI is InChI=1S/C15H18BrN3O2/c1-10(2)19-9-17-7-11(19)8-18-13-6-15-14(5-12(13)16)20-3-4-21-15/h5-7,9-10,18H,3-4,8H2,1-2H3. The number of hydrogen-bond donors (Lipinski definition) is 1. The molecule has 1 aliphatic heterocycles. The highest BCUT2D eigenvalue weighted by Gasteiger charge is 2.15. The predicted octanol–water partition coefficient (Wildman–Crippen LogP) is 3.61. The average Bonchev–Trinajstić information content (AvgIpc) is 2.93. The monoisotopic (exact) mass is 351 g/mol. The van der Waals surface area contributed by atoms with Gasteiger partial charge in [-0.1, -0.05) is 0 Å². The molecule has 0 bridgehead atoms. The summed E-state index contributed by atoms with van der Waals surface area (Å²) in [5.74, 6) is 1.57. The summed E-state index contributed by atoms with van der Waals surface area (Å²) in [7, 11) is 0. The number of ether oxygens (including phenoxy) is 2. The van der Waals surface area contributed by atoms with Crippen LogP contribution in [0.3, 0.4) is 0 Å². The Balaban J connectivity index is 1.77. The van der Waals surface area contributed by atoms with Crippen LogP contribution in [0.2, 0.25) is 0 Å². The van der Waals surface area contributed by atoms with Gasteiger partial charge in [-0.15, -0.1) is 0 Å². The number of halogens is 1. The van der Waals surface area contributed by atoms with E-state index >= 15 is 0 Å². The van der Waals surface area contributed by atoms with Crippen molar-refractivity contribution in [3.63, 3.8) is 0 Å². The molecule has 5 nitrogen and oxygen atoms in total. The second kappa shape index (κ2) is 5.97. The quantitative estimate of drug-likeness (QED) is 0.913. The van der Waals surface area contributed by atoms with E-state index in [0.717, 1.165) is 27.4 Å². The van der Waals surface area contributed by atoms with Gasteiger partial charge in [0, 0.05) is 28.8 Å². The van der Waals surface area contributed by atoms with Crippen molar-refractivity contribution in [2.24, 2.45) is 0 Å². The zero-order valence-electron chi connectivity index (χ0n) is 12.1. The molecule has 0 aliphatic carbocycles. The molecule has 1 aromatic carbocycles. The highest BCUT2D eigenvalue weighted by Crippen LogP contribution is 2.38. The molecule has 2 heterocycles. The number of benzene rings is 1. The third-order valence-corrected chi connectivity index (χ3v) is 4.05. The highest BCUT2D eigenvalue weighted by molar-refractivity contribution is 9.10. The van der Waals surface area contributed by atoms with Crippen molar-refractivity contribution in [3.05, 3.63) is 34.8 Å². The topological polar surface area (TPSA) is 48.3 Å². The van der Waals surface area contributed by atoms with Gasteiger partial charge in [-0.05, 0) is 29.8 Å². The molecule has 0 spiro atoms. The number of nitrogens with zero attached hydrogens (tertiary/aromatic N) is 2. The summed E-state index contributed by atoms with van der Waals surface area (Å²) in [6.07, 6.45) is 3.75. The largest absolute Gasteiger partial charge is 0.486 e. The number of aromatic nitrogens is 2. The van der Waals surface area contributed by atoms with Gasteiger partial charge < -0.3 is 19.4 Å². The molecule has 1 aromatic heterocycles. The van der Waals surface area contributed by atoms with Crippen LogP contribution in [0, 0.1) is 0 Å². The number of rotatable bonds is 4. The van der Waals surface area contributed by atoms with Crippen molar-refractivity contribution in [2.45, 2.75) is 26.4 Å². The molecule has 21 heavy (non-hydrogen) atoms. The molecule has 0 amide bonds. The summed E-state index contributed by atoms with van der Waals surface area (Å²) in [6, 6.07) is 4.30. The summed E-state index contributed by atoms with van der Waals surface area (Å²) >= 11 is 3.57. The van der Waals surface area contributed by atoms with Gasteiger partial charge in [0.2, 0.25) is 0 Å². The summed E-state index contributed by atoms with van der Waals surface area (Å²) in [5.41, 5.74) is 2.13. The number of fused-ring (bicyclic) bond motifs is 1. The fraction of sp³-hybridized carbons (Fsp3) is 0.400. The Hall–Kier alpha value is -1.69. The van der Waals surface area contributed by atoms with Gasteiger partial charge in [-0.3, -0.25) is 0 Å². The van der Waals surface area contributed by atoms with Gasteiger partial charge in [0.25, 0.3) is 0 Å². The van der Waals surface area contributed by atoms with Gasteiger partial charge in [0.15, 0.2) is 11.5 Å². The maximum Gasteiger partial charge on any atom is 0.163 e. The maximum atomic E-state index is 5.61. The molecule has 1 N–H and O–H groups in total. The molecule has 3 rings (SSSR count). The van der Waals surface area contributed by atoms with E-state index in [-0.39, 0.29) is 0 Å². The fourth-order valence-electron chi connectivity index (χ4n) is 2.32. The van der Waals surface area contributed by atoms with Gasteiger partial charge in [0.1, 0.15) is 13.2 Å². The zero-order chi connectivity index (χ0) is 14.8. The van der Waals surface area contributed by atoms with E-state index < -0.39 is 0 Å². The van der Waals surface area contributed by atoms with Crippen LogP contribution in [-0.2, 0) is 6.54 Å². The maximum absolute atomic E-state index is 5.61. The van der Waals surface area contributed by atoms with Gasteiger partial charge in [-0.25, -0.2) is 4.98 Å². The summed E-state index contributed by atoms with van der Waals surface area (Å²) in [4.78, 5) is 4.21. The van der Waals surface area contributed by atoms with Crippen LogP contribution in [0.1, 0.15) is 25.6 Å². The van der Waals surface area contributed by atoms with Crippen LogP contribution in [0.5, 0.6) is 11.5 Å². The molecule has 112 valence electrons. The lowest BCUT2D eigenvalue weighted by Crippen LogP contribution is -2.16. The molecule has 0 fully saturated rings. The first-order valence-electron chi connectivity index (χ1n) is 6.99. The third-order valence-electron chi connectivity index (χ3n) is 3.39. The molecule has 1 aliphatic rings. The first-order chi connectivity index (χ1) is 10.1. The smallest absolute Gasteiger partial charge is 0.163 e. The summed E-state index contributed by atoms with van der Waals surface area (Å²) in [6.45, 7) is 6.18. The molecule has 0 saturated heterocycles. The molecule has 0 unspecified atom stereocenters. The lowest BCUT2D eigenvalue weighted by Gasteiger charge is -2.20. The van der Waals surface area contributed by atoms with Crippen molar-refractivity contribution in [1.29, 1.82) is 0 Å². The molecule has 6 heteroatoms. The molecule has 2 aromatic rings. The molecule has 0 atom stereocenters. The second-order valence-corrected chi connectivity index (χ2v) is 6.07. The minimum absolute atomic E-state index is 0.396. The van der Waals surface area contributed by atoms with Crippen LogP contribution in [0.25, 0.3) is 0 Å². The Morgan fingerprint density at radius 1 is 1.29 bits per heavy atom. The van der Waals surface area contributed by atoms with Crippen molar-refractivity contribution in [1.82, 2.24) is 9.55 Å². The minimum atomic E-state index is 0.396. The van der Waals surface area contributed by atoms with Crippen LogP contribution in [0.15, 0.2) is 29.1 Å². The van der Waals surface area contributed by atoms with Crippen molar-refractivity contribution >= 4 is 21.6 Å². The lowest BCUT2D eigenvalue weighted by molar-refractivity contribution is 0.171. The van der Waals surface area contributed by atoms with Crippen LogP contribution in [-0.4, -0.2) is 22.8 Å².